The first kappa shape index (κ1) is 9.34. The summed E-state index contributed by atoms with van der Waals surface area (Å²) in [5.41, 5.74) is 1.06. The van der Waals surface area contributed by atoms with Crippen molar-refractivity contribution in [1.29, 1.82) is 0 Å². The van der Waals surface area contributed by atoms with Gasteiger partial charge in [-0.25, -0.2) is 0 Å². The summed E-state index contributed by atoms with van der Waals surface area (Å²) in [5.74, 6) is 0.691. The highest BCUT2D eigenvalue weighted by molar-refractivity contribution is 7.18. The van der Waals surface area contributed by atoms with E-state index in [1.807, 2.05) is 17.4 Å². The van der Waals surface area contributed by atoms with Gasteiger partial charge in [0.05, 0.1) is 5.92 Å². The van der Waals surface area contributed by atoms with Gasteiger partial charge in [-0.2, -0.15) is 4.42 Å². The van der Waals surface area contributed by atoms with Gasteiger partial charge in [0.2, 0.25) is 0 Å². The lowest BCUT2D eigenvalue weighted by Crippen LogP contribution is -2.02. The summed E-state index contributed by atoms with van der Waals surface area (Å²) >= 11 is 1.84. The largest absolute Gasteiger partial charge is 0.389 e. The Bertz CT molecular complexity index is 421. The molecule has 0 atom stereocenters. The molecular weight excluding hydrogens is 204 g/mol. The van der Waals surface area contributed by atoms with E-state index in [2.05, 4.69) is 18.2 Å². The van der Waals surface area contributed by atoms with Crippen molar-refractivity contribution in [3.8, 4) is 0 Å². The molecule has 0 unspecified atom stereocenters. The summed E-state index contributed by atoms with van der Waals surface area (Å²) in [7, 11) is 0. The van der Waals surface area contributed by atoms with Crippen LogP contribution in [0.3, 0.4) is 0 Å². The fourth-order valence-electron chi connectivity index (χ4n) is 2.36. The zero-order valence-corrected chi connectivity index (χ0v) is 9.56. The Balaban J connectivity index is 1.96. The van der Waals surface area contributed by atoms with E-state index in [9.17, 15) is 0 Å². The third-order valence-electron chi connectivity index (χ3n) is 3.21. The standard InChI is InChI=1S/C13H15OS/c1-2-6-10(7-3-1)13-14-11-8-4-5-9-12(11)15-13/h4-5,8-10H,1-3,6-7H2/q+1. The summed E-state index contributed by atoms with van der Waals surface area (Å²) in [6, 6.07) is 8.34. The summed E-state index contributed by atoms with van der Waals surface area (Å²) < 4.78 is 7.22. The van der Waals surface area contributed by atoms with Crippen LogP contribution in [0.2, 0.25) is 0 Å². The van der Waals surface area contributed by atoms with Crippen molar-refractivity contribution < 1.29 is 4.42 Å². The normalized spacial score (nSPS) is 18.4. The van der Waals surface area contributed by atoms with E-state index in [1.165, 1.54) is 41.9 Å². The van der Waals surface area contributed by atoms with Gasteiger partial charge < -0.3 is 0 Å². The number of hydrogen-bond acceptors (Lipinski definition) is 1. The lowest BCUT2D eigenvalue weighted by Gasteiger charge is -2.13. The van der Waals surface area contributed by atoms with Crippen molar-refractivity contribution >= 4 is 21.6 Å². The van der Waals surface area contributed by atoms with Gasteiger partial charge in [-0.15, -0.1) is 0 Å². The molecule has 1 saturated carbocycles. The number of fused-ring (bicyclic) bond motifs is 1. The van der Waals surface area contributed by atoms with Crippen LogP contribution in [0.25, 0.3) is 10.3 Å². The van der Waals surface area contributed by atoms with Gasteiger partial charge in [-0.1, -0.05) is 31.4 Å². The third-order valence-corrected chi connectivity index (χ3v) is 4.38. The fraction of sp³-hybridized carbons (Fsp3) is 0.462. The average molecular weight is 219 g/mol. The molecule has 1 aliphatic rings. The lowest BCUT2D eigenvalue weighted by molar-refractivity contribution is 0.393. The summed E-state index contributed by atoms with van der Waals surface area (Å²) in [5, 5.41) is 1.25. The van der Waals surface area contributed by atoms with Crippen molar-refractivity contribution in [3.63, 3.8) is 0 Å². The van der Waals surface area contributed by atoms with Gasteiger partial charge >= 0.3 is 10.7 Å². The Kier molecular flexibility index (Phi) is 2.45. The molecule has 0 amide bonds. The molecule has 0 aliphatic heterocycles. The van der Waals surface area contributed by atoms with Crippen LogP contribution < -0.4 is 0 Å². The molecule has 1 nitrogen and oxygen atoms in total. The third kappa shape index (κ3) is 1.78. The quantitative estimate of drug-likeness (QED) is 0.626. The Morgan fingerprint density at radius 3 is 2.67 bits per heavy atom. The molecule has 2 heteroatoms. The zero-order valence-electron chi connectivity index (χ0n) is 8.74. The van der Waals surface area contributed by atoms with Gasteiger partial charge in [0, 0.05) is 6.07 Å². The van der Waals surface area contributed by atoms with Gasteiger partial charge in [-0.05, 0) is 30.2 Å². The molecule has 0 saturated heterocycles. The van der Waals surface area contributed by atoms with E-state index in [0.29, 0.717) is 5.92 Å². The number of hydrogen-bond donors (Lipinski definition) is 0. The van der Waals surface area contributed by atoms with Crippen LogP contribution in [0.15, 0.2) is 28.7 Å². The van der Waals surface area contributed by atoms with E-state index in [0.717, 1.165) is 5.58 Å². The van der Waals surface area contributed by atoms with Crippen LogP contribution in [0.5, 0.6) is 0 Å². The maximum atomic E-state index is 5.93. The maximum absolute atomic E-state index is 5.93. The topological polar surface area (TPSA) is 11.3 Å². The molecule has 78 valence electrons. The highest BCUT2D eigenvalue weighted by Gasteiger charge is 2.28. The van der Waals surface area contributed by atoms with Crippen LogP contribution in [0.1, 0.15) is 43.1 Å². The fourth-order valence-corrected chi connectivity index (χ4v) is 3.47. The van der Waals surface area contributed by atoms with Crippen LogP contribution >= 0.6 is 11.3 Å². The van der Waals surface area contributed by atoms with Gasteiger partial charge in [-0.3, -0.25) is 0 Å². The Morgan fingerprint density at radius 1 is 1.07 bits per heavy atom. The zero-order chi connectivity index (χ0) is 10.1. The van der Waals surface area contributed by atoms with Gasteiger partial charge in [0.25, 0.3) is 0 Å². The summed E-state index contributed by atoms with van der Waals surface area (Å²) in [6.45, 7) is 0. The minimum atomic E-state index is 0.691. The second-order valence-corrected chi connectivity index (χ2v) is 5.35. The number of rotatable bonds is 1. The highest BCUT2D eigenvalue weighted by Crippen LogP contribution is 2.38. The number of benzene rings is 1. The van der Waals surface area contributed by atoms with Crippen LogP contribution in [0, 0.1) is 0 Å². The second-order valence-electron chi connectivity index (χ2n) is 4.30. The van der Waals surface area contributed by atoms with E-state index >= 15 is 0 Å². The molecule has 3 rings (SSSR count). The van der Waals surface area contributed by atoms with Gasteiger partial charge in [0.1, 0.15) is 4.70 Å². The SMILES string of the molecule is c1ccc2sc(C3CCCCC3)[o+]c2c1. The Labute approximate surface area is 93.7 Å². The smallest absolute Gasteiger partial charge is 0.199 e. The van der Waals surface area contributed by atoms with E-state index in [1.54, 1.807) is 0 Å². The van der Waals surface area contributed by atoms with E-state index in [-0.39, 0.29) is 0 Å². The van der Waals surface area contributed by atoms with Crippen LogP contribution in [0.4, 0.5) is 0 Å². The summed E-state index contributed by atoms with van der Waals surface area (Å²) in [4.78, 5) is 0. The van der Waals surface area contributed by atoms with Crippen molar-refractivity contribution in [2.45, 2.75) is 38.0 Å². The first-order valence-corrected chi connectivity index (χ1v) is 6.57. The monoisotopic (exact) mass is 219 g/mol. The minimum absolute atomic E-state index is 0.691. The van der Waals surface area contributed by atoms with Crippen molar-refractivity contribution in [1.82, 2.24) is 0 Å². The molecule has 2 aromatic rings. The van der Waals surface area contributed by atoms with Crippen molar-refractivity contribution in [2.24, 2.45) is 0 Å². The molecule has 1 aliphatic carbocycles. The Morgan fingerprint density at radius 2 is 1.87 bits per heavy atom. The van der Waals surface area contributed by atoms with E-state index < -0.39 is 0 Å². The van der Waals surface area contributed by atoms with Crippen molar-refractivity contribution in [3.05, 3.63) is 29.3 Å². The van der Waals surface area contributed by atoms with Crippen molar-refractivity contribution in [2.75, 3.05) is 0 Å². The molecule has 0 bridgehead atoms. The molecule has 0 radical (unpaired) electrons. The molecule has 0 N–H and O–H groups in total. The maximum Gasteiger partial charge on any atom is 0.389 e. The second kappa shape index (κ2) is 3.93. The highest BCUT2D eigenvalue weighted by atomic mass is 32.1. The molecule has 1 aromatic heterocycles. The lowest BCUT2D eigenvalue weighted by atomic mass is 9.90. The first-order chi connectivity index (χ1) is 7.43. The molecule has 1 fully saturated rings. The van der Waals surface area contributed by atoms with Crippen LogP contribution in [-0.2, 0) is 0 Å². The average Bonchev–Trinajstić information content (AvgIpc) is 2.74. The predicted molar refractivity (Wildman–Crippen MR) is 64.3 cm³/mol. The molecular formula is C13H15OS+. The summed E-state index contributed by atoms with van der Waals surface area (Å²) in [6.07, 6.45) is 6.77. The molecule has 1 heterocycles. The van der Waals surface area contributed by atoms with Crippen LogP contribution in [-0.4, -0.2) is 0 Å². The predicted octanol–water partition coefficient (Wildman–Crippen LogP) is 4.82. The first-order valence-electron chi connectivity index (χ1n) is 5.75. The molecule has 1 aromatic carbocycles. The minimum Gasteiger partial charge on any atom is -0.199 e. The number of para-hydroxylation sites is 1. The molecule has 0 spiro atoms. The van der Waals surface area contributed by atoms with E-state index in [4.69, 9.17) is 4.42 Å². The Hall–Kier alpha value is -0.890. The molecule has 15 heavy (non-hydrogen) atoms. The van der Waals surface area contributed by atoms with Gasteiger partial charge in [0.15, 0.2) is 0 Å².